The summed E-state index contributed by atoms with van der Waals surface area (Å²) in [6.07, 6.45) is -0.302. The molecule has 2 rings (SSSR count). The highest BCUT2D eigenvalue weighted by molar-refractivity contribution is 6.30. The maximum Gasteiger partial charge on any atom is 0.110 e. The molecule has 0 amide bonds. The molecule has 1 nitrogen and oxygen atoms in total. The molecule has 1 aliphatic carbocycles. The van der Waals surface area contributed by atoms with Crippen molar-refractivity contribution in [1.29, 1.82) is 0 Å². The molecule has 2 N–H and O–H groups in total. The summed E-state index contributed by atoms with van der Waals surface area (Å²) in [7, 11) is 0. The van der Waals surface area contributed by atoms with Crippen molar-refractivity contribution in [1.82, 2.24) is 0 Å². The highest BCUT2D eigenvalue weighted by Gasteiger charge is 2.39. The molecule has 0 heterocycles. The van der Waals surface area contributed by atoms with Crippen molar-refractivity contribution in [2.75, 3.05) is 0 Å². The smallest absolute Gasteiger partial charge is 0.110 e. The SMILES string of the molecule is N[C@H]1C[C@H](F)[C@H]1c1ccc(Cl)cc1. The first-order valence-corrected chi connectivity index (χ1v) is 4.71. The van der Waals surface area contributed by atoms with Crippen molar-refractivity contribution in [2.24, 2.45) is 5.73 Å². The van der Waals surface area contributed by atoms with Gasteiger partial charge >= 0.3 is 0 Å². The van der Waals surface area contributed by atoms with Crippen molar-refractivity contribution in [3.8, 4) is 0 Å². The first-order chi connectivity index (χ1) is 6.18. The number of hydrogen-bond donors (Lipinski definition) is 1. The average Bonchev–Trinajstić information content (AvgIpc) is 2.09. The summed E-state index contributed by atoms with van der Waals surface area (Å²) in [4.78, 5) is 0. The number of nitrogens with two attached hydrogens (primary N) is 1. The molecule has 0 aliphatic heterocycles. The van der Waals surface area contributed by atoms with E-state index in [9.17, 15) is 4.39 Å². The third kappa shape index (κ3) is 1.56. The minimum absolute atomic E-state index is 0.0313. The highest BCUT2D eigenvalue weighted by Crippen LogP contribution is 2.38. The summed E-state index contributed by atoms with van der Waals surface area (Å²) < 4.78 is 13.1. The standard InChI is InChI=1S/C10H11ClFN/c11-7-3-1-6(2-4-7)10-8(12)5-9(10)13/h1-4,8-10H,5,13H2/t8-,9-,10+/m0/s1. The second kappa shape index (κ2) is 3.28. The number of halogens is 2. The number of benzene rings is 1. The molecule has 1 aromatic rings. The van der Waals surface area contributed by atoms with E-state index in [0.29, 0.717) is 11.4 Å². The second-order valence-electron chi connectivity index (χ2n) is 3.49. The third-order valence-electron chi connectivity index (χ3n) is 2.60. The first-order valence-electron chi connectivity index (χ1n) is 4.33. The molecule has 1 aromatic carbocycles. The quantitative estimate of drug-likeness (QED) is 0.739. The fraction of sp³-hybridized carbons (Fsp3) is 0.400. The summed E-state index contributed by atoms with van der Waals surface area (Å²) in [6, 6.07) is 7.21. The Bertz CT molecular complexity index is 290. The Labute approximate surface area is 81.7 Å². The van der Waals surface area contributed by atoms with E-state index in [1.165, 1.54) is 0 Å². The zero-order valence-electron chi connectivity index (χ0n) is 7.08. The minimum Gasteiger partial charge on any atom is -0.327 e. The number of rotatable bonds is 1. The van der Waals surface area contributed by atoms with Gasteiger partial charge in [0.1, 0.15) is 6.17 Å². The van der Waals surface area contributed by atoms with Gasteiger partial charge in [0, 0.05) is 17.0 Å². The summed E-state index contributed by atoms with van der Waals surface area (Å²) in [5.74, 6) is -0.128. The van der Waals surface area contributed by atoms with Crippen LogP contribution in [0, 0.1) is 0 Å². The lowest BCUT2D eigenvalue weighted by Crippen LogP contribution is -2.46. The van der Waals surface area contributed by atoms with Crippen molar-refractivity contribution in [2.45, 2.75) is 24.6 Å². The fourth-order valence-corrected chi connectivity index (χ4v) is 1.89. The van der Waals surface area contributed by atoms with E-state index in [1.54, 1.807) is 12.1 Å². The van der Waals surface area contributed by atoms with E-state index < -0.39 is 6.17 Å². The van der Waals surface area contributed by atoms with Crippen LogP contribution in [0.5, 0.6) is 0 Å². The molecule has 0 unspecified atom stereocenters. The van der Waals surface area contributed by atoms with Crippen molar-refractivity contribution >= 4 is 11.6 Å². The van der Waals surface area contributed by atoms with Gasteiger partial charge in [-0.05, 0) is 24.1 Å². The monoisotopic (exact) mass is 199 g/mol. The number of hydrogen-bond acceptors (Lipinski definition) is 1. The van der Waals surface area contributed by atoms with Crippen LogP contribution in [0.15, 0.2) is 24.3 Å². The molecule has 3 atom stereocenters. The zero-order valence-corrected chi connectivity index (χ0v) is 7.84. The lowest BCUT2D eigenvalue weighted by molar-refractivity contribution is 0.140. The van der Waals surface area contributed by atoms with Crippen LogP contribution in [0.25, 0.3) is 0 Å². The van der Waals surface area contributed by atoms with Gasteiger partial charge in [-0.25, -0.2) is 4.39 Å². The maximum atomic E-state index is 13.1. The van der Waals surface area contributed by atoms with Gasteiger partial charge in [-0.3, -0.25) is 0 Å². The highest BCUT2D eigenvalue weighted by atomic mass is 35.5. The third-order valence-corrected chi connectivity index (χ3v) is 2.86. The van der Waals surface area contributed by atoms with Gasteiger partial charge in [0.25, 0.3) is 0 Å². The van der Waals surface area contributed by atoms with Crippen LogP contribution in [-0.2, 0) is 0 Å². The second-order valence-corrected chi connectivity index (χ2v) is 3.93. The van der Waals surface area contributed by atoms with Gasteiger partial charge in [-0.1, -0.05) is 23.7 Å². The first kappa shape index (κ1) is 8.97. The van der Waals surface area contributed by atoms with Gasteiger partial charge in [-0.15, -0.1) is 0 Å². The van der Waals surface area contributed by atoms with E-state index in [0.717, 1.165) is 5.56 Å². The predicted octanol–water partition coefficient (Wildman–Crippen LogP) is 2.49. The summed E-state index contributed by atoms with van der Waals surface area (Å²) in [5.41, 5.74) is 6.66. The molecule has 13 heavy (non-hydrogen) atoms. The van der Waals surface area contributed by atoms with Gasteiger partial charge in [0.2, 0.25) is 0 Å². The van der Waals surface area contributed by atoms with E-state index in [1.807, 2.05) is 12.1 Å². The van der Waals surface area contributed by atoms with Gasteiger partial charge < -0.3 is 5.73 Å². The molecule has 0 radical (unpaired) electrons. The molecule has 0 saturated heterocycles. The summed E-state index contributed by atoms with van der Waals surface area (Å²) in [5, 5.41) is 0.673. The van der Waals surface area contributed by atoms with Crippen LogP contribution in [0.2, 0.25) is 5.02 Å². The van der Waals surface area contributed by atoms with Gasteiger partial charge in [0.05, 0.1) is 0 Å². The van der Waals surface area contributed by atoms with Crippen LogP contribution >= 0.6 is 11.6 Å². The largest absolute Gasteiger partial charge is 0.327 e. The molecule has 1 fully saturated rings. The molecule has 0 aromatic heterocycles. The fourth-order valence-electron chi connectivity index (χ4n) is 1.77. The molecule has 70 valence electrons. The van der Waals surface area contributed by atoms with Crippen molar-refractivity contribution in [3.05, 3.63) is 34.9 Å². The molecule has 1 saturated carbocycles. The Morgan fingerprint density at radius 2 is 1.92 bits per heavy atom. The van der Waals surface area contributed by atoms with Crippen LogP contribution in [0.1, 0.15) is 17.9 Å². The average molecular weight is 200 g/mol. The Morgan fingerprint density at radius 3 is 2.38 bits per heavy atom. The van der Waals surface area contributed by atoms with Crippen LogP contribution < -0.4 is 5.73 Å². The van der Waals surface area contributed by atoms with Gasteiger partial charge in [0.15, 0.2) is 0 Å². The summed E-state index contributed by atoms with van der Waals surface area (Å²) >= 11 is 5.73. The van der Waals surface area contributed by atoms with Crippen LogP contribution in [0.3, 0.4) is 0 Å². The Morgan fingerprint density at radius 1 is 1.31 bits per heavy atom. The van der Waals surface area contributed by atoms with Gasteiger partial charge in [-0.2, -0.15) is 0 Å². The van der Waals surface area contributed by atoms with Crippen LogP contribution in [-0.4, -0.2) is 12.2 Å². The van der Waals surface area contributed by atoms with Crippen molar-refractivity contribution < 1.29 is 4.39 Å². The topological polar surface area (TPSA) is 26.0 Å². The normalized spacial score (nSPS) is 32.7. The lowest BCUT2D eigenvalue weighted by Gasteiger charge is -2.37. The molecule has 1 aliphatic rings. The van der Waals surface area contributed by atoms with Crippen molar-refractivity contribution in [3.63, 3.8) is 0 Å². The van der Waals surface area contributed by atoms with E-state index in [2.05, 4.69) is 0 Å². The zero-order chi connectivity index (χ0) is 9.42. The van der Waals surface area contributed by atoms with Crippen LogP contribution in [0.4, 0.5) is 4.39 Å². The minimum atomic E-state index is -0.781. The maximum absolute atomic E-state index is 13.1. The molecular formula is C10H11ClFN. The van der Waals surface area contributed by atoms with E-state index in [-0.39, 0.29) is 12.0 Å². The predicted molar refractivity (Wildman–Crippen MR) is 51.7 cm³/mol. The molecule has 3 heteroatoms. The Balaban J connectivity index is 2.21. The lowest BCUT2D eigenvalue weighted by atomic mass is 9.74. The van der Waals surface area contributed by atoms with E-state index in [4.69, 9.17) is 17.3 Å². The molecule has 0 spiro atoms. The molecule has 0 bridgehead atoms. The summed E-state index contributed by atoms with van der Waals surface area (Å²) in [6.45, 7) is 0. The molecular weight excluding hydrogens is 189 g/mol. The number of alkyl halides is 1. The Kier molecular flexibility index (Phi) is 2.26. The van der Waals surface area contributed by atoms with E-state index >= 15 is 0 Å². The Hall–Kier alpha value is -0.600.